The zero-order valence-electron chi connectivity index (χ0n) is 5.52. The standard InChI is InChI=1S/C7H13N/c1-3-5-7-8-6-4-2/h4-8H,3H2,1-2H3/b6-4-,7-5-. The van der Waals surface area contributed by atoms with Crippen LogP contribution >= 0.6 is 0 Å². The smallest absolute Gasteiger partial charge is 0.00359 e. The largest absolute Gasteiger partial charge is 0.368 e. The molecule has 0 heterocycles. The molecule has 1 heteroatoms. The topological polar surface area (TPSA) is 12.0 Å². The van der Waals surface area contributed by atoms with Gasteiger partial charge in [0, 0.05) is 0 Å². The van der Waals surface area contributed by atoms with Crippen LogP contribution in [0.5, 0.6) is 0 Å². The Labute approximate surface area is 51.1 Å². The maximum atomic E-state index is 2.97. The molecule has 0 bridgehead atoms. The van der Waals surface area contributed by atoms with Crippen molar-refractivity contribution in [2.24, 2.45) is 0 Å². The highest BCUT2D eigenvalue weighted by atomic mass is 14.8. The van der Waals surface area contributed by atoms with Crippen molar-refractivity contribution >= 4 is 0 Å². The minimum absolute atomic E-state index is 1.09. The van der Waals surface area contributed by atoms with Crippen molar-refractivity contribution in [2.75, 3.05) is 0 Å². The Balaban J connectivity index is 3.03. The van der Waals surface area contributed by atoms with E-state index in [1.165, 1.54) is 0 Å². The molecule has 1 N–H and O–H groups in total. The second-order valence-corrected chi connectivity index (χ2v) is 1.48. The zero-order chi connectivity index (χ0) is 6.24. The minimum atomic E-state index is 1.09. The van der Waals surface area contributed by atoms with Crippen LogP contribution in [-0.2, 0) is 0 Å². The number of rotatable bonds is 3. The third-order valence-corrected chi connectivity index (χ3v) is 0.713. The maximum Gasteiger partial charge on any atom is -0.00359 e. The Morgan fingerprint density at radius 3 is 2.62 bits per heavy atom. The third kappa shape index (κ3) is 5.28. The van der Waals surface area contributed by atoms with Gasteiger partial charge in [-0.25, -0.2) is 0 Å². The summed E-state index contributed by atoms with van der Waals surface area (Å²) in [5.41, 5.74) is 0. The van der Waals surface area contributed by atoms with E-state index in [1.54, 1.807) is 0 Å². The molecule has 0 aromatic heterocycles. The van der Waals surface area contributed by atoms with E-state index < -0.39 is 0 Å². The molecule has 0 rings (SSSR count). The van der Waals surface area contributed by atoms with Crippen molar-refractivity contribution in [2.45, 2.75) is 20.3 Å². The van der Waals surface area contributed by atoms with Crippen molar-refractivity contribution < 1.29 is 0 Å². The van der Waals surface area contributed by atoms with E-state index in [1.807, 2.05) is 25.4 Å². The first-order chi connectivity index (χ1) is 3.91. The lowest BCUT2D eigenvalue weighted by atomic mass is 10.5. The van der Waals surface area contributed by atoms with E-state index in [9.17, 15) is 0 Å². The van der Waals surface area contributed by atoms with E-state index in [0.717, 1.165) is 6.42 Å². The molecule has 0 aromatic rings. The first kappa shape index (κ1) is 7.28. The molecule has 0 aliphatic rings. The molecule has 1 nitrogen and oxygen atoms in total. The molecule has 0 saturated carbocycles. The predicted octanol–water partition coefficient (Wildman–Crippen LogP) is 2.03. The molecule has 0 radical (unpaired) electrons. The van der Waals surface area contributed by atoms with Gasteiger partial charge in [-0.05, 0) is 25.7 Å². The van der Waals surface area contributed by atoms with E-state index in [0.29, 0.717) is 0 Å². The molecule has 0 spiro atoms. The third-order valence-electron chi connectivity index (χ3n) is 0.713. The van der Waals surface area contributed by atoms with E-state index >= 15 is 0 Å². The average Bonchev–Trinajstić information content (AvgIpc) is 1.81. The normalized spacial score (nSPS) is 11.2. The molecule has 0 unspecified atom stereocenters. The van der Waals surface area contributed by atoms with Crippen LogP contribution in [-0.4, -0.2) is 0 Å². The predicted molar refractivity (Wildman–Crippen MR) is 37.4 cm³/mol. The van der Waals surface area contributed by atoms with Gasteiger partial charge in [0.15, 0.2) is 0 Å². The lowest BCUT2D eigenvalue weighted by Gasteiger charge is -1.84. The van der Waals surface area contributed by atoms with Crippen LogP contribution in [0.15, 0.2) is 24.6 Å². The van der Waals surface area contributed by atoms with E-state index in [2.05, 4.69) is 18.3 Å². The molecule has 8 heavy (non-hydrogen) atoms. The summed E-state index contributed by atoms with van der Waals surface area (Å²) in [4.78, 5) is 0. The molecule has 0 amide bonds. The van der Waals surface area contributed by atoms with E-state index in [4.69, 9.17) is 0 Å². The lowest BCUT2D eigenvalue weighted by molar-refractivity contribution is 1.13. The van der Waals surface area contributed by atoms with Gasteiger partial charge in [-0.2, -0.15) is 0 Å². The van der Waals surface area contributed by atoms with Crippen molar-refractivity contribution in [1.29, 1.82) is 0 Å². The molecule has 0 atom stereocenters. The second kappa shape index (κ2) is 6.28. The van der Waals surface area contributed by atoms with Crippen LogP contribution in [0.2, 0.25) is 0 Å². The summed E-state index contributed by atoms with van der Waals surface area (Å²) >= 11 is 0. The highest BCUT2D eigenvalue weighted by molar-refractivity contribution is 4.85. The van der Waals surface area contributed by atoms with Crippen LogP contribution in [0.4, 0.5) is 0 Å². The quantitative estimate of drug-likeness (QED) is 0.587. The highest BCUT2D eigenvalue weighted by Crippen LogP contribution is 1.74. The van der Waals surface area contributed by atoms with Crippen LogP contribution in [0.25, 0.3) is 0 Å². The van der Waals surface area contributed by atoms with Gasteiger partial charge in [0.1, 0.15) is 0 Å². The van der Waals surface area contributed by atoms with Gasteiger partial charge in [-0.3, -0.25) is 0 Å². The summed E-state index contributed by atoms with van der Waals surface area (Å²) in [6.45, 7) is 4.08. The van der Waals surface area contributed by atoms with E-state index in [-0.39, 0.29) is 0 Å². The molecule has 0 saturated heterocycles. The summed E-state index contributed by atoms with van der Waals surface area (Å²) in [7, 11) is 0. The van der Waals surface area contributed by atoms with Crippen LogP contribution in [0.1, 0.15) is 20.3 Å². The van der Waals surface area contributed by atoms with Gasteiger partial charge < -0.3 is 5.32 Å². The number of allylic oxidation sites excluding steroid dienone is 2. The Bertz CT molecular complexity index is 82.4. The maximum absolute atomic E-state index is 2.97. The SMILES string of the molecule is C/C=C\N/C=C\CC. The number of hydrogen-bond acceptors (Lipinski definition) is 1. The number of nitrogens with one attached hydrogen (secondary N) is 1. The molecule has 0 aliphatic carbocycles. The fraction of sp³-hybridized carbons (Fsp3) is 0.429. The van der Waals surface area contributed by atoms with Gasteiger partial charge in [-0.1, -0.05) is 19.1 Å². The fourth-order valence-corrected chi connectivity index (χ4v) is 0.338. The van der Waals surface area contributed by atoms with Crippen molar-refractivity contribution in [3.05, 3.63) is 24.6 Å². The fourth-order valence-electron chi connectivity index (χ4n) is 0.338. The molecular weight excluding hydrogens is 98.1 g/mol. The van der Waals surface area contributed by atoms with Gasteiger partial charge in [-0.15, -0.1) is 0 Å². The zero-order valence-corrected chi connectivity index (χ0v) is 5.52. The first-order valence-electron chi connectivity index (χ1n) is 2.94. The average molecular weight is 111 g/mol. The molecule has 0 aromatic carbocycles. The Morgan fingerprint density at radius 2 is 2.12 bits per heavy atom. The van der Waals surface area contributed by atoms with Crippen molar-refractivity contribution in [1.82, 2.24) is 5.32 Å². The summed E-state index contributed by atoms with van der Waals surface area (Å²) in [5, 5.41) is 2.97. The van der Waals surface area contributed by atoms with Gasteiger partial charge in [0.2, 0.25) is 0 Å². The second-order valence-electron chi connectivity index (χ2n) is 1.48. The summed E-state index contributed by atoms with van der Waals surface area (Å²) < 4.78 is 0. The van der Waals surface area contributed by atoms with Crippen molar-refractivity contribution in [3.63, 3.8) is 0 Å². The first-order valence-corrected chi connectivity index (χ1v) is 2.94. The van der Waals surface area contributed by atoms with Gasteiger partial charge in [0.05, 0.1) is 0 Å². The summed E-state index contributed by atoms with van der Waals surface area (Å²) in [6.07, 6.45) is 8.94. The van der Waals surface area contributed by atoms with Crippen LogP contribution in [0, 0.1) is 0 Å². The summed E-state index contributed by atoms with van der Waals surface area (Å²) in [6, 6.07) is 0. The summed E-state index contributed by atoms with van der Waals surface area (Å²) in [5.74, 6) is 0. The van der Waals surface area contributed by atoms with Crippen molar-refractivity contribution in [3.8, 4) is 0 Å². The lowest BCUT2D eigenvalue weighted by Crippen LogP contribution is -1.89. The Morgan fingerprint density at radius 1 is 1.38 bits per heavy atom. The molecular formula is C7H13N. The van der Waals surface area contributed by atoms with Crippen LogP contribution < -0.4 is 5.32 Å². The Hall–Kier alpha value is -0.720. The van der Waals surface area contributed by atoms with Crippen LogP contribution in [0.3, 0.4) is 0 Å². The Kier molecular flexibility index (Phi) is 5.71. The molecule has 0 aliphatic heterocycles. The number of hydrogen-bond donors (Lipinski definition) is 1. The monoisotopic (exact) mass is 111 g/mol. The van der Waals surface area contributed by atoms with Gasteiger partial charge >= 0.3 is 0 Å². The molecule has 0 fully saturated rings. The minimum Gasteiger partial charge on any atom is -0.368 e. The van der Waals surface area contributed by atoms with Gasteiger partial charge in [0.25, 0.3) is 0 Å². The highest BCUT2D eigenvalue weighted by Gasteiger charge is 1.61. The molecule has 46 valence electrons.